The number of aromatic nitrogens is 1. The van der Waals surface area contributed by atoms with Gasteiger partial charge in [-0.15, -0.1) is 0 Å². The van der Waals surface area contributed by atoms with Gasteiger partial charge in [0.1, 0.15) is 10.6 Å². The minimum absolute atomic E-state index is 0.0330. The molecular weight excluding hydrogens is 284 g/mol. The molecule has 1 unspecified atom stereocenters. The summed E-state index contributed by atoms with van der Waals surface area (Å²) in [6, 6.07) is 0. The van der Waals surface area contributed by atoms with Crippen LogP contribution in [0.4, 0.5) is 0 Å². The molecular formula is C12H18N2O5S. The van der Waals surface area contributed by atoms with E-state index in [0.29, 0.717) is 25.1 Å². The van der Waals surface area contributed by atoms with Gasteiger partial charge in [0.05, 0.1) is 5.41 Å². The molecule has 1 atom stereocenters. The quantitative estimate of drug-likeness (QED) is 0.899. The molecule has 8 heteroatoms. The summed E-state index contributed by atoms with van der Waals surface area (Å²) in [6.45, 7) is 4.95. The Morgan fingerprint density at radius 1 is 1.45 bits per heavy atom. The van der Waals surface area contributed by atoms with E-state index < -0.39 is 21.4 Å². The minimum Gasteiger partial charge on any atom is -0.481 e. The van der Waals surface area contributed by atoms with E-state index in [1.807, 2.05) is 0 Å². The van der Waals surface area contributed by atoms with E-state index in [-0.39, 0.29) is 17.2 Å². The number of aryl methyl sites for hydroxylation is 2. The van der Waals surface area contributed by atoms with E-state index in [0.717, 1.165) is 0 Å². The van der Waals surface area contributed by atoms with Crippen molar-refractivity contribution in [2.24, 2.45) is 5.41 Å². The van der Waals surface area contributed by atoms with Crippen molar-refractivity contribution in [3.8, 4) is 0 Å². The molecule has 2 heterocycles. The predicted octanol–water partition coefficient (Wildman–Crippen LogP) is 1.17. The van der Waals surface area contributed by atoms with Crippen molar-refractivity contribution in [2.45, 2.75) is 38.5 Å². The van der Waals surface area contributed by atoms with Gasteiger partial charge in [0, 0.05) is 13.1 Å². The zero-order valence-corrected chi connectivity index (χ0v) is 12.5. The SMILES string of the molecule is Cc1noc(C)c1S(=O)(=O)N1CCCC(C)(C(=O)O)C1. The second kappa shape index (κ2) is 4.85. The molecule has 1 saturated heterocycles. The number of piperidine rings is 1. The van der Waals surface area contributed by atoms with Crippen molar-refractivity contribution in [2.75, 3.05) is 13.1 Å². The number of aliphatic carboxylic acids is 1. The van der Waals surface area contributed by atoms with Crippen LogP contribution < -0.4 is 0 Å². The van der Waals surface area contributed by atoms with Gasteiger partial charge in [-0.3, -0.25) is 4.79 Å². The highest BCUT2D eigenvalue weighted by atomic mass is 32.2. The van der Waals surface area contributed by atoms with E-state index in [2.05, 4.69) is 5.16 Å². The standard InChI is InChI=1S/C12H18N2O5S/c1-8-10(9(2)19-13-8)20(17,18)14-6-4-5-12(3,7-14)11(15)16/h4-7H2,1-3H3,(H,15,16). The lowest BCUT2D eigenvalue weighted by Gasteiger charge is -2.36. The van der Waals surface area contributed by atoms with E-state index in [4.69, 9.17) is 4.52 Å². The van der Waals surface area contributed by atoms with Crippen LogP contribution in [0.1, 0.15) is 31.2 Å². The summed E-state index contributed by atoms with van der Waals surface area (Å²) in [6.07, 6.45) is 0.987. The molecule has 1 aromatic rings. The van der Waals surface area contributed by atoms with Crippen molar-refractivity contribution in [1.29, 1.82) is 0 Å². The Morgan fingerprint density at radius 2 is 2.10 bits per heavy atom. The zero-order valence-electron chi connectivity index (χ0n) is 11.7. The molecule has 1 N–H and O–H groups in total. The molecule has 1 aliphatic heterocycles. The molecule has 1 fully saturated rings. The van der Waals surface area contributed by atoms with Crippen molar-refractivity contribution in [1.82, 2.24) is 9.46 Å². The first-order valence-corrected chi connectivity index (χ1v) is 7.79. The molecule has 0 bridgehead atoms. The highest BCUT2D eigenvalue weighted by molar-refractivity contribution is 7.89. The maximum atomic E-state index is 12.6. The lowest BCUT2D eigenvalue weighted by Crippen LogP contribution is -2.48. The summed E-state index contributed by atoms with van der Waals surface area (Å²) in [4.78, 5) is 11.4. The predicted molar refractivity (Wildman–Crippen MR) is 69.7 cm³/mol. The summed E-state index contributed by atoms with van der Waals surface area (Å²) in [5.41, 5.74) is -0.755. The minimum atomic E-state index is -3.77. The average Bonchev–Trinajstić information content (AvgIpc) is 2.69. The molecule has 20 heavy (non-hydrogen) atoms. The van der Waals surface area contributed by atoms with Crippen LogP contribution in [0.5, 0.6) is 0 Å². The maximum absolute atomic E-state index is 12.6. The smallest absolute Gasteiger partial charge is 0.310 e. The normalized spacial score (nSPS) is 24.8. The Balaban J connectivity index is 2.38. The van der Waals surface area contributed by atoms with Gasteiger partial charge in [-0.2, -0.15) is 4.31 Å². The van der Waals surface area contributed by atoms with Crippen LogP contribution >= 0.6 is 0 Å². The fourth-order valence-corrected chi connectivity index (χ4v) is 4.44. The molecule has 0 aliphatic carbocycles. The monoisotopic (exact) mass is 302 g/mol. The van der Waals surface area contributed by atoms with E-state index >= 15 is 0 Å². The second-order valence-corrected chi connectivity index (χ2v) is 7.34. The number of nitrogens with zero attached hydrogens (tertiary/aromatic N) is 2. The largest absolute Gasteiger partial charge is 0.481 e. The van der Waals surface area contributed by atoms with Crippen LogP contribution in [0.25, 0.3) is 0 Å². The van der Waals surface area contributed by atoms with Gasteiger partial charge in [0.25, 0.3) is 0 Å². The first kappa shape index (κ1) is 15.0. The van der Waals surface area contributed by atoms with E-state index in [9.17, 15) is 18.3 Å². The molecule has 0 amide bonds. The summed E-state index contributed by atoms with van der Waals surface area (Å²) < 4.78 is 31.4. The molecule has 7 nitrogen and oxygen atoms in total. The molecule has 0 radical (unpaired) electrons. The van der Waals surface area contributed by atoms with Crippen LogP contribution in [-0.2, 0) is 14.8 Å². The van der Waals surface area contributed by atoms with Crippen LogP contribution in [0.15, 0.2) is 9.42 Å². The van der Waals surface area contributed by atoms with Crippen LogP contribution in [-0.4, -0.2) is 42.0 Å². The number of carboxylic acid groups (broad SMARTS) is 1. The molecule has 0 spiro atoms. The van der Waals surface area contributed by atoms with E-state index in [1.54, 1.807) is 13.8 Å². The number of carbonyl (C=O) groups is 1. The van der Waals surface area contributed by atoms with Crippen LogP contribution in [0, 0.1) is 19.3 Å². The number of hydrogen-bond donors (Lipinski definition) is 1. The van der Waals surface area contributed by atoms with Crippen molar-refractivity contribution in [3.05, 3.63) is 11.5 Å². The van der Waals surface area contributed by atoms with Gasteiger partial charge >= 0.3 is 5.97 Å². The third-order valence-electron chi connectivity index (χ3n) is 3.74. The lowest BCUT2D eigenvalue weighted by atomic mass is 9.83. The highest BCUT2D eigenvalue weighted by Gasteiger charge is 2.43. The Labute approximate surface area is 117 Å². The van der Waals surface area contributed by atoms with E-state index in [1.165, 1.54) is 11.2 Å². The number of carboxylic acids is 1. The van der Waals surface area contributed by atoms with Crippen molar-refractivity contribution < 1.29 is 22.8 Å². The fraction of sp³-hybridized carbons (Fsp3) is 0.667. The molecule has 2 rings (SSSR count). The second-order valence-electron chi connectivity index (χ2n) is 5.46. The Kier molecular flexibility index (Phi) is 3.64. The maximum Gasteiger partial charge on any atom is 0.310 e. The highest BCUT2D eigenvalue weighted by Crippen LogP contribution is 2.34. The first-order chi connectivity index (χ1) is 9.18. The van der Waals surface area contributed by atoms with Gasteiger partial charge in [-0.25, -0.2) is 8.42 Å². The average molecular weight is 302 g/mol. The Hall–Kier alpha value is -1.41. The Morgan fingerprint density at radius 3 is 2.60 bits per heavy atom. The van der Waals surface area contributed by atoms with Gasteiger partial charge < -0.3 is 9.63 Å². The first-order valence-electron chi connectivity index (χ1n) is 6.35. The molecule has 0 saturated carbocycles. The number of hydrogen-bond acceptors (Lipinski definition) is 5. The molecule has 0 aromatic carbocycles. The van der Waals surface area contributed by atoms with Crippen LogP contribution in [0.2, 0.25) is 0 Å². The summed E-state index contributed by atoms with van der Waals surface area (Å²) in [7, 11) is -3.77. The lowest BCUT2D eigenvalue weighted by molar-refractivity contribution is -0.150. The summed E-state index contributed by atoms with van der Waals surface area (Å²) >= 11 is 0. The molecule has 1 aliphatic rings. The number of rotatable bonds is 3. The van der Waals surface area contributed by atoms with Crippen LogP contribution in [0.3, 0.4) is 0 Å². The summed E-state index contributed by atoms with van der Waals surface area (Å²) in [5, 5.41) is 12.9. The van der Waals surface area contributed by atoms with Gasteiger partial charge in [-0.05, 0) is 33.6 Å². The van der Waals surface area contributed by atoms with Gasteiger partial charge in [0.15, 0.2) is 5.76 Å². The molecule has 112 valence electrons. The molecule has 1 aromatic heterocycles. The number of sulfonamides is 1. The van der Waals surface area contributed by atoms with Gasteiger partial charge in [-0.1, -0.05) is 5.16 Å². The third-order valence-corrected chi connectivity index (χ3v) is 5.83. The topological polar surface area (TPSA) is 101 Å². The zero-order chi connectivity index (χ0) is 15.1. The third kappa shape index (κ3) is 2.33. The summed E-state index contributed by atoms with van der Waals surface area (Å²) in [5.74, 6) is -0.749. The van der Waals surface area contributed by atoms with Crippen molar-refractivity contribution in [3.63, 3.8) is 0 Å². The van der Waals surface area contributed by atoms with Gasteiger partial charge in [0.2, 0.25) is 10.0 Å². The fourth-order valence-electron chi connectivity index (χ4n) is 2.54. The Bertz CT molecular complexity index is 617. The van der Waals surface area contributed by atoms with Crippen molar-refractivity contribution >= 4 is 16.0 Å².